The van der Waals surface area contributed by atoms with Crippen molar-refractivity contribution < 1.29 is 4.74 Å². The van der Waals surface area contributed by atoms with Crippen LogP contribution in [0, 0.1) is 0 Å². The highest BCUT2D eigenvalue weighted by atomic mass is 35.5. The van der Waals surface area contributed by atoms with E-state index < -0.39 is 0 Å². The largest absolute Gasteiger partial charge is 0.495 e. The third-order valence-corrected chi connectivity index (χ3v) is 4.90. The molecule has 1 aromatic carbocycles. The predicted octanol–water partition coefficient (Wildman–Crippen LogP) is 3.69. The highest BCUT2D eigenvalue weighted by Gasteiger charge is 2.20. The van der Waals surface area contributed by atoms with E-state index in [0.29, 0.717) is 21.9 Å². The molecule has 0 aliphatic carbocycles. The number of aromatic nitrogens is 1. The fourth-order valence-corrected chi connectivity index (χ4v) is 3.53. The average Bonchev–Trinajstić information content (AvgIpc) is 2.64. The minimum absolute atomic E-state index is 0.361. The summed E-state index contributed by atoms with van der Waals surface area (Å²) in [5, 5.41) is 7.82. The van der Waals surface area contributed by atoms with Crippen molar-refractivity contribution in [3.63, 3.8) is 0 Å². The number of pyridine rings is 1. The lowest BCUT2D eigenvalue weighted by Gasteiger charge is -2.32. The van der Waals surface area contributed by atoms with Crippen molar-refractivity contribution in [1.82, 2.24) is 15.2 Å². The molecule has 1 fully saturated rings. The number of benzene rings is 1. The Bertz CT molecular complexity index is 736. The first-order valence-corrected chi connectivity index (χ1v) is 9.46. The molecule has 0 unspecified atom stereocenters. The number of likely N-dealkylation sites (tertiary alicyclic amines) is 1. The molecule has 5 nitrogen and oxygen atoms in total. The van der Waals surface area contributed by atoms with Crippen LogP contribution in [0.15, 0.2) is 42.6 Å². The maximum Gasteiger partial charge on any atom is 0.171 e. The number of nitrogens with zero attached hydrogens (tertiary/aromatic N) is 2. The quantitative estimate of drug-likeness (QED) is 0.759. The van der Waals surface area contributed by atoms with Crippen molar-refractivity contribution >= 4 is 34.6 Å². The van der Waals surface area contributed by atoms with Crippen molar-refractivity contribution in [1.29, 1.82) is 0 Å². The average molecular weight is 391 g/mol. The third kappa shape index (κ3) is 5.30. The second-order valence-electron chi connectivity index (χ2n) is 6.31. The molecular weight excluding hydrogens is 368 g/mol. The number of nitrogens with one attached hydrogen (secondary N) is 2. The highest BCUT2D eigenvalue weighted by Crippen LogP contribution is 2.27. The molecule has 1 aliphatic heterocycles. The Balaban J connectivity index is 1.47. The SMILES string of the molecule is COc1ccc(Cl)cc1NC(=S)NC1CCN(Cc2ccccn2)CC1. The Morgan fingerprint density at radius 2 is 2.12 bits per heavy atom. The van der Waals surface area contributed by atoms with Gasteiger partial charge in [0.05, 0.1) is 18.5 Å². The van der Waals surface area contributed by atoms with E-state index in [9.17, 15) is 0 Å². The van der Waals surface area contributed by atoms with E-state index >= 15 is 0 Å². The van der Waals surface area contributed by atoms with Gasteiger partial charge in [-0.2, -0.15) is 0 Å². The van der Waals surface area contributed by atoms with Gasteiger partial charge in [-0.25, -0.2) is 0 Å². The predicted molar refractivity (Wildman–Crippen MR) is 110 cm³/mol. The van der Waals surface area contributed by atoms with Gasteiger partial charge in [-0.15, -0.1) is 0 Å². The van der Waals surface area contributed by atoms with Gasteiger partial charge in [0.25, 0.3) is 0 Å². The molecule has 2 aromatic rings. The van der Waals surface area contributed by atoms with Crippen LogP contribution in [-0.4, -0.2) is 41.2 Å². The van der Waals surface area contributed by atoms with E-state index in [1.54, 1.807) is 13.2 Å². The van der Waals surface area contributed by atoms with E-state index in [4.69, 9.17) is 28.6 Å². The summed E-state index contributed by atoms with van der Waals surface area (Å²) < 4.78 is 5.34. The molecule has 7 heteroatoms. The Morgan fingerprint density at radius 3 is 2.81 bits per heavy atom. The lowest BCUT2D eigenvalue weighted by molar-refractivity contribution is 0.197. The van der Waals surface area contributed by atoms with Gasteiger partial charge in [0.1, 0.15) is 5.75 Å². The van der Waals surface area contributed by atoms with Crippen LogP contribution in [0.25, 0.3) is 0 Å². The minimum Gasteiger partial charge on any atom is -0.495 e. The zero-order chi connectivity index (χ0) is 18.4. The summed E-state index contributed by atoms with van der Waals surface area (Å²) in [6.07, 6.45) is 3.93. The molecule has 138 valence electrons. The van der Waals surface area contributed by atoms with Crippen molar-refractivity contribution in [2.45, 2.75) is 25.4 Å². The summed E-state index contributed by atoms with van der Waals surface area (Å²) in [5.74, 6) is 0.712. The van der Waals surface area contributed by atoms with E-state index in [1.807, 2.05) is 30.5 Å². The van der Waals surface area contributed by atoms with Gasteiger partial charge in [-0.1, -0.05) is 17.7 Å². The molecule has 0 spiro atoms. The lowest BCUT2D eigenvalue weighted by atomic mass is 10.1. The summed E-state index contributed by atoms with van der Waals surface area (Å²) in [4.78, 5) is 6.83. The first kappa shape index (κ1) is 18.9. The number of anilines is 1. The Labute approximate surface area is 164 Å². The smallest absolute Gasteiger partial charge is 0.171 e. The van der Waals surface area contributed by atoms with E-state index in [-0.39, 0.29) is 0 Å². The van der Waals surface area contributed by atoms with Crippen LogP contribution in [0.4, 0.5) is 5.69 Å². The molecule has 26 heavy (non-hydrogen) atoms. The van der Waals surface area contributed by atoms with Gasteiger partial charge in [-0.05, 0) is 55.4 Å². The van der Waals surface area contributed by atoms with Crippen LogP contribution in [0.1, 0.15) is 18.5 Å². The Morgan fingerprint density at radius 1 is 1.31 bits per heavy atom. The van der Waals surface area contributed by atoms with E-state index in [0.717, 1.165) is 43.9 Å². The van der Waals surface area contributed by atoms with Gasteiger partial charge in [0.2, 0.25) is 0 Å². The van der Waals surface area contributed by atoms with Crippen molar-refractivity contribution in [2.24, 2.45) is 0 Å². The van der Waals surface area contributed by atoms with E-state index in [1.165, 1.54) is 0 Å². The van der Waals surface area contributed by atoms with Gasteiger partial charge >= 0.3 is 0 Å². The normalized spacial score (nSPS) is 15.5. The summed E-state index contributed by atoms with van der Waals surface area (Å²) in [6, 6.07) is 11.8. The number of rotatable bonds is 5. The Kier molecular flexibility index (Phi) is 6.66. The maximum absolute atomic E-state index is 6.06. The van der Waals surface area contributed by atoms with Gasteiger partial charge in [-0.3, -0.25) is 9.88 Å². The van der Waals surface area contributed by atoms with Crippen molar-refractivity contribution in [2.75, 3.05) is 25.5 Å². The number of methoxy groups -OCH3 is 1. The molecule has 1 aromatic heterocycles. The molecule has 2 heterocycles. The molecule has 0 atom stereocenters. The Hall–Kier alpha value is -1.89. The number of halogens is 1. The highest BCUT2D eigenvalue weighted by molar-refractivity contribution is 7.80. The molecular formula is C19H23ClN4OS. The molecule has 1 aliphatic rings. The van der Waals surface area contributed by atoms with Crippen LogP contribution >= 0.6 is 23.8 Å². The zero-order valence-corrected chi connectivity index (χ0v) is 16.3. The van der Waals surface area contributed by atoms with E-state index in [2.05, 4.69) is 26.6 Å². The second-order valence-corrected chi connectivity index (χ2v) is 7.16. The first-order chi connectivity index (χ1) is 12.6. The molecule has 0 bridgehead atoms. The maximum atomic E-state index is 6.06. The number of hydrogen-bond acceptors (Lipinski definition) is 4. The monoisotopic (exact) mass is 390 g/mol. The third-order valence-electron chi connectivity index (χ3n) is 4.44. The molecule has 3 rings (SSSR count). The van der Waals surface area contributed by atoms with Crippen LogP contribution in [0.2, 0.25) is 5.02 Å². The molecule has 0 radical (unpaired) electrons. The van der Waals surface area contributed by atoms with Crippen LogP contribution in [-0.2, 0) is 6.54 Å². The minimum atomic E-state index is 0.361. The zero-order valence-electron chi connectivity index (χ0n) is 14.7. The van der Waals surface area contributed by atoms with Crippen LogP contribution < -0.4 is 15.4 Å². The summed E-state index contributed by atoms with van der Waals surface area (Å²) in [7, 11) is 1.63. The molecule has 0 amide bonds. The standard InChI is InChI=1S/C19H23ClN4OS/c1-25-18-6-5-14(20)12-17(18)23-19(26)22-15-7-10-24(11-8-15)13-16-4-2-3-9-21-16/h2-6,9,12,15H,7-8,10-11,13H2,1H3,(H2,22,23,26). The molecule has 1 saturated heterocycles. The van der Waals surface area contributed by atoms with Crippen molar-refractivity contribution in [3.8, 4) is 5.75 Å². The summed E-state index contributed by atoms with van der Waals surface area (Å²) >= 11 is 11.5. The molecule has 0 saturated carbocycles. The van der Waals surface area contributed by atoms with Gasteiger partial charge in [0.15, 0.2) is 5.11 Å². The summed E-state index contributed by atoms with van der Waals surface area (Å²) in [5.41, 5.74) is 1.88. The number of ether oxygens (including phenoxy) is 1. The summed E-state index contributed by atoms with van der Waals surface area (Å²) in [6.45, 7) is 2.95. The van der Waals surface area contributed by atoms with Gasteiger partial charge in [0, 0.05) is 36.9 Å². The van der Waals surface area contributed by atoms with Gasteiger partial charge < -0.3 is 15.4 Å². The second kappa shape index (κ2) is 9.16. The molecule has 2 N–H and O–H groups in total. The van der Waals surface area contributed by atoms with Crippen molar-refractivity contribution in [3.05, 3.63) is 53.3 Å². The van der Waals surface area contributed by atoms with Crippen LogP contribution in [0.3, 0.4) is 0 Å². The fourth-order valence-electron chi connectivity index (χ4n) is 3.08. The fraction of sp³-hybridized carbons (Fsp3) is 0.368. The number of piperidine rings is 1. The lowest BCUT2D eigenvalue weighted by Crippen LogP contribution is -2.45. The first-order valence-electron chi connectivity index (χ1n) is 8.67. The number of thiocarbonyl (C=S) groups is 1. The topological polar surface area (TPSA) is 49.4 Å². The van der Waals surface area contributed by atoms with Crippen LogP contribution in [0.5, 0.6) is 5.75 Å². The number of hydrogen-bond donors (Lipinski definition) is 2.